The highest BCUT2D eigenvalue weighted by Gasteiger charge is 2.46. The van der Waals surface area contributed by atoms with Crippen LogP contribution in [0.2, 0.25) is 0 Å². The van der Waals surface area contributed by atoms with Gasteiger partial charge >= 0.3 is 0 Å². The van der Waals surface area contributed by atoms with Crippen LogP contribution in [-0.4, -0.2) is 73.9 Å². The van der Waals surface area contributed by atoms with E-state index in [1.165, 1.54) is 25.3 Å². The first-order valence-electron chi connectivity index (χ1n) is 9.88. The average Bonchev–Trinajstić information content (AvgIpc) is 2.78. The van der Waals surface area contributed by atoms with Crippen molar-refractivity contribution >= 4 is 11.0 Å². The molecule has 1 aromatic heterocycles. The van der Waals surface area contributed by atoms with E-state index in [0.717, 1.165) is 12.1 Å². The topological polar surface area (TPSA) is 190 Å². The predicted molar refractivity (Wildman–Crippen MR) is 112 cm³/mol. The molecule has 11 heteroatoms. The molecule has 0 amide bonds. The number of aromatic hydroxyl groups is 3. The van der Waals surface area contributed by atoms with Crippen molar-refractivity contribution in [2.24, 2.45) is 0 Å². The molecule has 1 aliphatic heterocycles. The van der Waals surface area contributed by atoms with Gasteiger partial charge in [0.05, 0.1) is 19.3 Å². The van der Waals surface area contributed by atoms with E-state index in [4.69, 9.17) is 13.9 Å². The lowest BCUT2D eigenvalue weighted by molar-refractivity contribution is -0.231. The quantitative estimate of drug-likeness (QED) is 0.278. The molecule has 11 nitrogen and oxygen atoms in total. The summed E-state index contributed by atoms with van der Waals surface area (Å²) in [5.41, 5.74) is -0.997. The van der Waals surface area contributed by atoms with Crippen LogP contribution in [0.25, 0.3) is 22.3 Å². The summed E-state index contributed by atoms with van der Waals surface area (Å²) < 4.78 is 16.4. The van der Waals surface area contributed by atoms with Gasteiger partial charge in [0.15, 0.2) is 22.5 Å². The lowest BCUT2D eigenvalue weighted by Gasteiger charge is -2.40. The molecule has 3 aromatic rings. The Balaban J connectivity index is 1.97. The van der Waals surface area contributed by atoms with Crippen molar-refractivity contribution < 1.29 is 49.6 Å². The molecule has 0 saturated carbocycles. The van der Waals surface area contributed by atoms with Crippen molar-refractivity contribution in [2.45, 2.75) is 30.5 Å². The van der Waals surface area contributed by atoms with Crippen molar-refractivity contribution in [1.29, 1.82) is 0 Å². The summed E-state index contributed by atoms with van der Waals surface area (Å²) in [5, 5.41) is 70.6. The third-order valence-electron chi connectivity index (χ3n) is 5.64. The van der Waals surface area contributed by atoms with Crippen LogP contribution in [0, 0.1) is 0 Å². The minimum absolute atomic E-state index is 0.0263. The molecule has 0 radical (unpaired) electrons. The fourth-order valence-electron chi connectivity index (χ4n) is 3.91. The van der Waals surface area contributed by atoms with E-state index in [0.29, 0.717) is 5.56 Å². The molecule has 0 bridgehead atoms. The van der Waals surface area contributed by atoms with Gasteiger partial charge in [0.25, 0.3) is 0 Å². The number of methoxy groups -OCH3 is 1. The summed E-state index contributed by atoms with van der Waals surface area (Å²) in [4.78, 5) is 12.9. The maximum absolute atomic E-state index is 12.9. The Labute approximate surface area is 185 Å². The smallest absolute Gasteiger partial charge is 0.197 e. The minimum atomic E-state index is -1.77. The van der Waals surface area contributed by atoms with Gasteiger partial charge in [-0.25, -0.2) is 0 Å². The maximum Gasteiger partial charge on any atom is 0.197 e. The van der Waals surface area contributed by atoms with Crippen LogP contribution < -0.4 is 10.2 Å². The van der Waals surface area contributed by atoms with Gasteiger partial charge in [-0.05, 0) is 18.2 Å². The van der Waals surface area contributed by atoms with E-state index in [9.17, 15) is 40.5 Å². The van der Waals surface area contributed by atoms with Gasteiger partial charge in [-0.2, -0.15) is 0 Å². The Hall–Kier alpha value is -3.35. The molecule has 4 rings (SSSR count). The van der Waals surface area contributed by atoms with Crippen LogP contribution in [0.4, 0.5) is 0 Å². The molecular weight excluding hydrogens is 440 g/mol. The van der Waals surface area contributed by atoms with Gasteiger partial charge in [-0.15, -0.1) is 0 Å². The highest BCUT2D eigenvalue weighted by Crippen LogP contribution is 2.44. The molecule has 2 aromatic carbocycles. The molecule has 0 aliphatic carbocycles. The van der Waals surface area contributed by atoms with Crippen LogP contribution in [0.15, 0.2) is 39.5 Å². The highest BCUT2D eigenvalue weighted by atomic mass is 16.5. The van der Waals surface area contributed by atoms with Gasteiger partial charge in [-0.1, -0.05) is 0 Å². The average molecular weight is 462 g/mol. The second-order valence-electron chi connectivity index (χ2n) is 7.64. The number of phenolic OH excluding ortho intramolecular Hbond substituents is 3. The Morgan fingerprint density at radius 1 is 0.939 bits per heavy atom. The van der Waals surface area contributed by atoms with Crippen LogP contribution in [-0.2, 0) is 4.74 Å². The number of fused-ring (bicyclic) bond motifs is 1. The van der Waals surface area contributed by atoms with E-state index in [-0.39, 0.29) is 33.8 Å². The van der Waals surface area contributed by atoms with Gasteiger partial charge in [0.1, 0.15) is 53.2 Å². The number of hydrogen-bond acceptors (Lipinski definition) is 11. The summed E-state index contributed by atoms with van der Waals surface area (Å²) >= 11 is 0. The van der Waals surface area contributed by atoms with Gasteiger partial charge in [-0.3, -0.25) is 4.79 Å². The van der Waals surface area contributed by atoms with E-state index in [1.54, 1.807) is 0 Å². The lowest BCUT2D eigenvalue weighted by atomic mass is 9.89. The van der Waals surface area contributed by atoms with E-state index in [1.807, 2.05) is 0 Å². The second kappa shape index (κ2) is 8.54. The predicted octanol–water partition coefficient (Wildman–Crippen LogP) is 0.100. The van der Waals surface area contributed by atoms with Crippen molar-refractivity contribution in [3.8, 4) is 34.3 Å². The van der Waals surface area contributed by atoms with Crippen molar-refractivity contribution in [3.05, 3.63) is 46.1 Å². The third-order valence-corrected chi connectivity index (χ3v) is 5.64. The maximum atomic E-state index is 12.9. The van der Waals surface area contributed by atoms with Gasteiger partial charge in [0.2, 0.25) is 0 Å². The number of aliphatic hydroxyl groups is 4. The minimum Gasteiger partial charge on any atom is -0.507 e. The zero-order valence-electron chi connectivity index (χ0n) is 17.2. The van der Waals surface area contributed by atoms with Crippen molar-refractivity contribution in [3.63, 3.8) is 0 Å². The fourth-order valence-corrected chi connectivity index (χ4v) is 3.91. The fraction of sp³-hybridized carbons (Fsp3) is 0.318. The van der Waals surface area contributed by atoms with Crippen LogP contribution in [0.3, 0.4) is 0 Å². The summed E-state index contributed by atoms with van der Waals surface area (Å²) in [6.45, 7) is -0.708. The number of phenols is 3. The summed E-state index contributed by atoms with van der Waals surface area (Å²) in [7, 11) is 1.34. The highest BCUT2D eigenvalue weighted by molar-refractivity contribution is 5.89. The zero-order valence-corrected chi connectivity index (χ0v) is 17.2. The number of benzene rings is 2. The standard InChI is InChI=1S/C22H22O11/c1-31-14-4-8(2-3-9(14)24)13-6-12(27)16-10(25)5-11(26)17(21(16)32-13)22-20(30)19(29)18(28)15(7-23)33-22/h2-6,15,18-20,22-26,28-30H,7H2,1H3/t15?,18-,19+,20?,22+/m1/s1. The Bertz CT molecular complexity index is 1250. The summed E-state index contributed by atoms with van der Waals surface area (Å²) in [6.07, 6.45) is -7.98. The van der Waals surface area contributed by atoms with E-state index in [2.05, 4.69) is 0 Å². The van der Waals surface area contributed by atoms with Crippen molar-refractivity contribution in [1.82, 2.24) is 0 Å². The Kier molecular flexibility index (Phi) is 5.91. The summed E-state index contributed by atoms with van der Waals surface area (Å²) in [6, 6.07) is 6.10. The van der Waals surface area contributed by atoms with Crippen molar-refractivity contribution in [2.75, 3.05) is 13.7 Å². The molecule has 1 aliphatic rings. The number of ether oxygens (including phenoxy) is 2. The number of hydrogen-bond donors (Lipinski definition) is 7. The van der Waals surface area contributed by atoms with Gasteiger partial charge in [0, 0.05) is 17.7 Å². The molecule has 2 unspecified atom stereocenters. The van der Waals surface area contributed by atoms with E-state index >= 15 is 0 Å². The molecule has 176 valence electrons. The zero-order chi connectivity index (χ0) is 24.0. The SMILES string of the molecule is COc1cc(-c2cc(=O)c3c(O)cc(O)c([C@@H]4OC(CO)[C@@H](O)[C@H](O)C4O)c3o2)ccc1O. The molecule has 5 atom stereocenters. The third kappa shape index (κ3) is 3.75. The normalized spacial score (nSPS) is 25.3. The molecule has 1 saturated heterocycles. The Morgan fingerprint density at radius 2 is 1.67 bits per heavy atom. The molecular formula is C22H22O11. The van der Waals surface area contributed by atoms with Crippen LogP contribution >= 0.6 is 0 Å². The molecule has 2 heterocycles. The van der Waals surface area contributed by atoms with E-state index < -0.39 is 54.1 Å². The monoisotopic (exact) mass is 462 g/mol. The second-order valence-corrected chi connectivity index (χ2v) is 7.64. The lowest BCUT2D eigenvalue weighted by Crippen LogP contribution is -2.55. The van der Waals surface area contributed by atoms with Crippen LogP contribution in [0.1, 0.15) is 11.7 Å². The summed E-state index contributed by atoms with van der Waals surface area (Å²) in [5.74, 6) is -1.29. The largest absolute Gasteiger partial charge is 0.507 e. The number of aliphatic hydroxyl groups excluding tert-OH is 4. The molecule has 0 spiro atoms. The first kappa shape index (κ1) is 22.8. The first-order valence-corrected chi connectivity index (χ1v) is 9.88. The molecule has 1 fully saturated rings. The van der Waals surface area contributed by atoms with Gasteiger partial charge < -0.3 is 49.6 Å². The Morgan fingerprint density at radius 3 is 2.33 bits per heavy atom. The molecule has 33 heavy (non-hydrogen) atoms. The van der Waals surface area contributed by atoms with Crippen LogP contribution in [0.5, 0.6) is 23.0 Å². The number of rotatable bonds is 4. The first-order chi connectivity index (χ1) is 15.7. The molecule has 7 N–H and O–H groups in total.